The summed E-state index contributed by atoms with van der Waals surface area (Å²) in [5.41, 5.74) is 1.81. The molecule has 1 N–H and O–H groups in total. The maximum atomic E-state index is 12.7. The first-order valence-electron chi connectivity index (χ1n) is 7.47. The second-order valence-corrected chi connectivity index (χ2v) is 6.19. The van der Waals surface area contributed by atoms with Crippen LogP contribution in [0.15, 0.2) is 65.8 Å². The van der Waals surface area contributed by atoms with Crippen LogP contribution in [-0.2, 0) is 0 Å². The van der Waals surface area contributed by atoms with Crippen LogP contribution in [0.2, 0.25) is 0 Å². The molecule has 3 aromatic rings. The van der Waals surface area contributed by atoms with E-state index >= 15 is 0 Å². The number of nitrogens with zero attached hydrogens (tertiary/aromatic N) is 1. The van der Waals surface area contributed by atoms with Crippen molar-refractivity contribution < 1.29 is 4.79 Å². The molecular weight excluding hydrogens is 304 g/mol. The van der Waals surface area contributed by atoms with Gasteiger partial charge in [-0.3, -0.25) is 9.78 Å². The minimum Gasteiger partial charge on any atom is -0.345 e. The molecule has 0 fully saturated rings. The van der Waals surface area contributed by atoms with E-state index in [1.165, 1.54) is 4.90 Å². The Morgan fingerprint density at radius 1 is 1.13 bits per heavy atom. The Bertz CT molecular complexity index is 842. The molecule has 1 heterocycles. The number of hydrogen-bond acceptors (Lipinski definition) is 3. The highest BCUT2D eigenvalue weighted by Crippen LogP contribution is 2.26. The number of carbonyl (C=O) groups is 1. The fraction of sp³-hybridized carbons (Fsp3) is 0.158. The molecule has 2 aromatic carbocycles. The highest BCUT2D eigenvalue weighted by Gasteiger charge is 2.15. The summed E-state index contributed by atoms with van der Waals surface area (Å²) in [4.78, 5) is 18.0. The number of rotatable bonds is 4. The second kappa shape index (κ2) is 6.84. The Hall–Kier alpha value is -2.33. The third kappa shape index (κ3) is 3.22. The van der Waals surface area contributed by atoms with Crippen molar-refractivity contribution >= 4 is 28.4 Å². The summed E-state index contributed by atoms with van der Waals surface area (Å²) >= 11 is 1.69. The summed E-state index contributed by atoms with van der Waals surface area (Å²) in [7, 11) is 0. The number of aromatic nitrogens is 1. The van der Waals surface area contributed by atoms with Crippen molar-refractivity contribution in [2.24, 2.45) is 0 Å². The van der Waals surface area contributed by atoms with Gasteiger partial charge in [-0.15, -0.1) is 11.8 Å². The first kappa shape index (κ1) is 15.6. The zero-order valence-corrected chi connectivity index (χ0v) is 13.9. The Labute approximate surface area is 140 Å². The molecule has 23 heavy (non-hydrogen) atoms. The van der Waals surface area contributed by atoms with E-state index in [0.717, 1.165) is 16.3 Å². The Kier molecular flexibility index (Phi) is 4.63. The number of fused-ring (bicyclic) bond motifs is 1. The van der Waals surface area contributed by atoms with Gasteiger partial charge in [-0.1, -0.05) is 30.3 Å². The Morgan fingerprint density at radius 2 is 1.96 bits per heavy atom. The van der Waals surface area contributed by atoms with Crippen LogP contribution >= 0.6 is 11.8 Å². The van der Waals surface area contributed by atoms with Gasteiger partial charge in [0.15, 0.2) is 0 Å². The third-order valence-electron chi connectivity index (χ3n) is 3.88. The summed E-state index contributed by atoms with van der Waals surface area (Å²) in [6, 6.07) is 15.7. The normalized spacial score (nSPS) is 12.1. The van der Waals surface area contributed by atoms with E-state index in [2.05, 4.69) is 22.4 Å². The van der Waals surface area contributed by atoms with Crippen LogP contribution in [0.5, 0.6) is 0 Å². The zero-order valence-electron chi connectivity index (χ0n) is 13.1. The average Bonchev–Trinajstić information content (AvgIpc) is 2.61. The lowest BCUT2D eigenvalue weighted by atomic mass is 10.0. The molecule has 1 atom stereocenters. The van der Waals surface area contributed by atoms with Crippen LogP contribution in [0.4, 0.5) is 0 Å². The van der Waals surface area contributed by atoms with Gasteiger partial charge in [-0.05, 0) is 42.3 Å². The van der Waals surface area contributed by atoms with Crippen LogP contribution < -0.4 is 5.32 Å². The monoisotopic (exact) mass is 322 g/mol. The molecule has 0 aliphatic heterocycles. The minimum absolute atomic E-state index is 0.0526. The summed E-state index contributed by atoms with van der Waals surface area (Å²) in [6.07, 6.45) is 5.54. The van der Waals surface area contributed by atoms with Crippen molar-refractivity contribution in [3.63, 3.8) is 0 Å². The first-order chi connectivity index (χ1) is 11.2. The molecule has 3 nitrogen and oxygen atoms in total. The SMILES string of the molecule is CSc1ccccc1[C@@H](C)NC(=O)c1cccc2cnccc12. The summed E-state index contributed by atoms with van der Waals surface area (Å²) in [5.74, 6) is -0.0646. The van der Waals surface area contributed by atoms with Crippen LogP contribution in [0.3, 0.4) is 0 Å². The highest BCUT2D eigenvalue weighted by atomic mass is 32.2. The van der Waals surface area contributed by atoms with Gasteiger partial charge in [0, 0.05) is 28.2 Å². The molecule has 0 saturated carbocycles. The lowest BCUT2D eigenvalue weighted by Crippen LogP contribution is -2.27. The zero-order chi connectivity index (χ0) is 16.2. The van der Waals surface area contributed by atoms with E-state index in [1.807, 2.05) is 49.6 Å². The average molecular weight is 322 g/mol. The molecular formula is C19H18N2OS. The summed E-state index contributed by atoms with van der Waals surface area (Å²) in [6.45, 7) is 2.01. The molecule has 0 unspecified atom stereocenters. The maximum absolute atomic E-state index is 12.7. The fourth-order valence-electron chi connectivity index (χ4n) is 2.70. The molecule has 0 aliphatic carbocycles. The number of carbonyl (C=O) groups excluding carboxylic acids is 1. The molecule has 1 aromatic heterocycles. The molecule has 4 heteroatoms. The summed E-state index contributed by atoms with van der Waals surface area (Å²) < 4.78 is 0. The predicted molar refractivity (Wildman–Crippen MR) is 95.8 cm³/mol. The number of benzene rings is 2. The van der Waals surface area contributed by atoms with Crippen molar-refractivity contribution in [1.29, 1.82) is 0 Å². The second-order valence-electron chi connectivity index (χ2n) is 5.34. The number of amides is 1. The number of thioether (sulfide) groups is 1. The molecule has 0 saturated heterocycles. The van der Waals surface area contributed by atoms with Crippen molar-refractivity contribution in [2.75, 3.05) is 6.26 Å². The van der Waals surface area contributed by atoms with Gasteiger partial charge in [0.1, 0.15) is 0 Å². The van der Waals surface area contributed by atoms with E-state index in [4.69, 9.17) is 0 Å². The smallest absolute Gasteiger partial charge is 0.252 e. The van der Waals surface area contributed by atoms with E-state index < -0.39 is 0 Å². The quantitative estimate of drug-likeness (QED) is 0.722. The molecule has 0 aliphatic rings. The van der Waals surface area contributed by atoms with Crippen molar-refractivity contribution in [2.45, 2.75) is 17.9 Å². The van der Waals surface area contributed by atoms with Gasteiger partial charge < -0.3 is 5.32 Å². The van der Waals surface area contributed by atoms with Crippen LogP contribution in [0.25, 0.3) is 10.8 Å². The predicted octanol–water partition coefficient (Wildman–Crippen LogP) is 4.45. The van der Waals surface area contributed by atoms with E-state index in [-0.39, 0.29) is 11.9 Å². The van der Waals surface area contributed by atoms with Gasteiger partial charge >= 0.3 is 0 Å². The lowest BCUT2D eigenvalue weighted by molar-refractivity contribution is 0.0941. The number of nitrogens with one attached hydrogen (secondary N) is 1. The third-order valence-corrected chi connectivity index (χ3v) is 4.69. The van der Waals surface area contributed by atoms with Crippen LogP contribution in [0.1, 0.15) is 28.9 Å². The van der Waals surface area contributed by atoms with Gasteiger partial charge in [0.2, 0.25) is 0 Å². The van der Waals surface area contributed by atoms with E-state index in [0.29, 0.717) is 5.56 Å². The molecule has 3 rings (SSSR count). The maximum Gasteiger partial charge on any atom is 0.252 e. The number of pyridine rings is 1. The molecule has 116 valence electrons. The largest absolute Gasteiger partial charge is 0.345 e. The topological polar surface area (TPSA) is 42.0 Å². The van der Waals surface area contributed by atoms with E-state index in [1.54, 1.807) is 24.2 Å². The van der Waals surface area contributed by atoms with Crippen LogP contribution in [-0.4, -0.2) is 17.1 Å². The first-order valence-corrected chi connectivity index (χ1v) is 8.69. The minimum atomic E-state index is -0.0646. The molecule has 0 spiro atoms. The van der Waals surface area contributed by atoms with Gasteiger partial charge in [-0.25, -0.2) is 0 Å². The standard InChI is InChI=1S/C19H18N2OS/c1-13(15-7-3-4-9-18(15)23-2)21-19(22)17-8-5-6-14-12-20-11-10-16(14)17/h3-13H,1-2H3,(H,21,22)/t13-/m1/s1. The van der Waals surface area contributed by atoms with Crippen molar-refractivity contribution in [3.05, 3.63) is 72.1 Å². The molecule has 1 amide bonds. The van der Waals surface area contributed by atoms with Crippen LogP contribution in [0, 0.1) is 0 Å². The highest BCUT2D eigenvalue weighted by molar-refractivity contribution is 7.98. The molecule has 0 bridgehead atoms. The lowest BCUT2D eigenvalue weighted by Gasteiger charge is -2.17. The molecule has 0 radical (unpaired) electrons. The van der Waals surface area contributed by atoms with Gasteiger partial charge in [0.05, 0.1) is 6.04 Å². The summed E-state index contributed by atoms with van der Waals surface area (Å²) in [5, 5.41) is 5.00. The fourth-order valence-corrected chi connectivity index (χ4v) is 3.39. The Balaban J connectivity index is 1.89. The van der Waals surface area contributed by atoms with Gasteiger partial charge in [-0.2, -0.15) is 0 Å². The van der Waals surface area contributed by atoms with E-state index in [9.17, 15) is 4.79 Å². The Morgan fingerprint density at radius 3 is 2.78 bits per heavy atom. The van der Waals surface area contributed by atoms with Crippen molar-refractivity contribution in [1.82, 2.24) is 10.3 Å². The number of hydrogen-bond donors (Lipinski definition) is 1. The van der Waals surface area contributed by atoms with Crippen molar-refractivity contribution in [3.8, 4) is 0 Å². The van der Waals surface area contributed by atoms with Gasteiger partial charge in [0.25, 0.3) is 5.91 Å².